The molecule has 3 rings (SSSR count). The van der Waals surface area contributed by atoms with Crippen molar-refractivity contribution in [1.29, 1.82) is 0 Å². The number of benzene rings is 1. The normalized spacial score (nSPS) is 11.0. The number of carbonyl (C=O) groups is 1. The maximum Gasteiger partial charge on any atom is 0.345 e. The highest BCUT2D eigenvalue weighted by atomic mass is 35.5. The van der Waals surface area contributed by atoms with E-state index >= 15 is 0 Å². The number of carboxylic acids is 1. The number of aromatic nitrogens is 5. The third-order valence-electron chi connectivity index (χ3n) is 4.08. The summed E-state index contributed by atoms with van der Waals surface area (Å²) in [6.07, 6.45) is 0. The Kier molecular flexibility index (Phi) is 6.27. The number of nitrogens with zero attached hydrogens (tertiary/aromatic N) is 3. The topological polar surface area (TPSA) is 160 Å². The van der Waals surface area contributed by atoms with Gasteiger partial charge in [0.25, 0.3) is 11.1 Å². The second-order valence-electron chi connectivity index (χ2n) is 6.68. The van der Waals surface area contributed by atoms with Crippen LogP contribution in [0.4, 0.5) is 0 Å². The van der Waals surface area contributed by atoms with Gasteiger partial charge in [-0.05, 0) is 18.1 Å². The van der Waals surface area contributed by atoms with Crippen molar-refractivity contribution < 1.29 is 14.6 Å². The van der Waals surface area contributed by atoms with E-state index in [-0.39, 0.29) is 44.4 Å². The fraction of sp³-hybridized carbons (Fsp3) is 0.222. The van der Waals surface area contributed by atoms with Gasteiger partial charge in [-0.15, -0.1) is 5.10 Å². The van der Waals surface area contributed by atoms with Crippen molar-refractivity contribution >= 4 is 29.2 Å². The second kappa shape index (κ2) is 8.74. The van der Waals surface area contributed by atoms with Gasteiger partial charge in [0.1, 0.15) is 6.54 Å². The molecule has 3 aromatic rings. The van der Waals surface area contributed by atoms with Crippen LogP contribution in [0.5, 0.6) is 11.6 Å². The smallest absolute Gasteiger partial charge is 0.345 e. The van der Waals surface area contributed by atoms with Crippen molar-refractivity contribution in [3.8, 4) is 22.9 Å². The minimum absolute atomic E-state index is 0.0108. The Balaban J connectivity index is 2.03. The number of carboxylic acid groups (broad SMARTS) is 1. The molecule has 0 bridgehead atoms. The Morgan fingerprint density at radius 3 is 2.39 bits per heavy atom. The molecule has 11 nitrogen and oxygen atoms in total. The van der Waals surface area contributed by atoms with Crippen LogP contribution in [0.3, 0.4) is 0 Å². The molecule has 0 spiro atoms. The SMILES string of the molecule is CC(C)c1cc(Oc2c(Cl)cc(-c3nn(CC(=O)O)c(=O)[nH]c3=O)cc2Cl)n[nH]c1=O. The van der Waals surface area contributed by atoms with Gasteiger partial charge in [0.15, 0.2) is 11.4 Å². The van der Waals surface area contributed by atoms with Crippen LogP contribution in [0.1, 0.15) is 25.3 Å². The third kappa shape index (κ3) is 4.84. The lowest BCUT2D eigenvalue weighted by Crippen LogP contribution is -2.35. The van der Waals surface area contributed by atoms with Crippen LogP contribution < -0.4 is 21.5 Å². The van der Waals surface area contributed by atoms with Crippen LogP contribution >= 0.6 is 23.2 Å². The Morgan fingerprint density at radius 1 is 1.16 bits per heavy atom. The largest absolute Gasteiger partial charge is 0.480 e. The summed E-state index contributed by atoms with van der Waals surface area (Å²) in [5.74, 6) is -1.34. The summed E-state index contributed by atoms with van der Waals surface area (Å²) in [6, 6.07) is 4.08. The minimum atomic E-state index is -1.32. The van der Waals surface area contributed by atoms with Gasteiger partial charge in [-0.25, -0.2) is 14.6 Å². The predicted octanol–water partition coefficient (Wildman–Crippen LogP) is 1.99. The first-order valence-electron chi connectivity index (χ1n) is 8.77. The van der Waals surface area contributed by atoms with Gasteiger partial charge in [-0.3, -0.25) is 19.4 Å². The molecule has 0 aliphatic carbocycles. The molecular formula is C18H15Cl2N5O6. The third-order valence-corrected chi connectivity index (χ3v) is 4.65. The second-order valence-corrected chi connectivity index (χ2v) is 7.49. The molecular weight excluding hydrogens is 453 g/mol. The van der Waals surface area contributed by atoms with Gasteiger partial charge in [-0.2, -0.15) is 5.10 Å². The highest BCUT2D eigenvalue weighted by Gasteiger charge is 2.18. The Morgan fingerprint density at radius 2 is 1.81 bits per heavy atom. The minimum Gasteiger partial charge on any atom is -0.480 e. The van der Waals surface area contributed by atoms with Crippen molar-refractivity contribution in [1.82, 2.24) is 25.0 Å². The van der Waals surface area contributed by atoms with Crippen LogP contribution in [-0.4, -0.2) is 36.0 Å². The van der Waals surface area contributed by atoms with E-state index in [1.165, 1.54) is 18.2 Å². The first kappa shape index (κ1) is 22.2. The summed E-state index contributed by atoms with van der Waals surface area (Å²) in [4.78, 5) is 48.6. The van der Waals surface area contributed by atoms with Crippen LogP contribution in [-0.2, 0) is 11.3 Å². The molecule has 31 heavy (non-hydrogen) atoms. The summed E-state index contributed by atoms with van der Waals surface area (Å²) in [5, 5.41) is 18.8. The van der Waals surface area contributed by atoms with E-state index in [9.17, 15) is 19.2 Å². The zero-order chi connectivity index (χ0) is 22.9. The average Bonchev–Trinajstić information content (AvgIpc) is 2.67. The predicted molar refractivity (Wildman–Crippen MR) is 111 cm³/mol. The molecule has 0 saturated carbocycles. The first-order valence-corrected chi connectivity index (χ1v) is 9.52. The molecule has 13 heteroatoms. The molecule has 1 aromatic carbocycles. The number of aliphatic carboxylic acids is 1. The number of aromatic amines is 2. The zero-order valence-corrected chi connectivity index (χ0v) is 17.6. The Labute approximate surface area is 183 Å². The van der Waals surface area contributed by atoms with Crippen molar-refractivity contribution in [3.63, 3.8) is 0 Å². The lowest BCUT2D eigenvalue weighted by Gasteiger charge is -2.12. The summed E-state index contributed by atoms with van der Waals surface area (Å²) in [6.45, 7) is 2.91. The molecule has 0 atom stereocenters. The van der Waals surface area contributed by atoms with Crippen LogP contribution in [0.2, 0.25) is 10.0 Å². The fourth-order valence-corrected chi connectivity index (χ4v) is 3.20. The van der Waals surface area contributed by atoms with Crippen LogP contribution in [0.25, 0.3) is 11.3 Å². The van der Waals surface area contributed by atoms with E-state index in [2.05, 4.69) is 15.3 Å². The maximum absolute atomic E-state index is 12.2. The van der Waals surface area contributed by atoms with E-state index in [1.54, 1.807) is 0 Å². The van der Waals surface area contributed by atoms with E-state index in [4.69, 9.17) is 33.0 Å². The van der Waals surface area contributed by atoms with Gasteiger partial charge in [-0.1, -0.05) is 37.0 Å². The van der Waals surface area contributed by atoms with Gasteiger partial charge >= 0.3 is 11.7 Å². The molecule has 0 unspecified atom stereocenters. The highest BCUT2D eigenvalue weighted by Crippen LogP contribution is 2.38. The number of ether oxygens (including phenoxy) is 1. The number of hydrogen-bond acceptors (Lipinski definition) is 7. The van der Waals surface area contributed by atoms with Gasteiger partial charge in [0.05, 0.1) is 10.0 Å². The molecule has 0 fully saturated rings. The maximum atomic E-state index is 12.2. The Bertz CT molecular complexity index is 1320. The summed E-state index contributed by atoms with van der Waals surface area (Å²) < 4.78 is 6.20. The average molecular weight is 468 g/mol. The quantitative estimate of drug-likeness (QED) is 0.495. The summed E-state index contributed by atoms with van der Waals surface area (Å²) in [5.41, 5.74) is -1.86. The number of nitrogens with one attached hydrogen (secondary N) is 2. The standard InChI is InChI=1S/C18H15Cl2N5O6/c1-7(2)9-5-12(22-23-16(9)28)31-15-10(19)3-8(4-11(15)20)14-17(29)21-18(30)25(24-14)6-13(26)27/h3-5,7H,6H2,1-2H3,(H,23,28)(H,26,27)(H,21,29,30). The number of hydrogen-bond donors (Lipinski definition) is 3. The fourth-order valence-electron chi connectivity index (χ4n) is 2.64. The molecule has 0 aliphatic heterocycles. The zero-order valence-electron chi connectivity index (χ0n) is 16.1. The molecule has 162 valence electrons. The molecule has 0 radical (unpaired) electrons. The summed E-state index contributed by atoms with van der Waals surface area (Å²) in [7, 11) is 0. The van der Waals surface area contributed by atoms with E-state index in [0.717, 1.165) is 0 Å². The van der Waals surface area contributed by atoms with Crippen molar-refractivity contribution in [2.24, 2.45) is 0 Å². The molecule has 0 amide bonds. The first-order chi connectivity index (χ1) is 14.6. The highest BCUT2D eigenvalue weighted by molar-refractivity contribution is 6.37. The lowest BCUT2D eigenvalue weighted by molar-refractivity contribution is -0.138. The van der Waals surface area contributed by atoms with E-state index in [1.807, 2.05) is 18.8 Å². The van der Waals surface area contributed by atoms with E-state index < -0.39 is 23.8 Å². The van der Waals surface area contributed by atoms with Crippen molar-refractivity contribution in [2.45, 2.75) is 26.3 Å². The molecule has 0 aliphatic rings. The van der Waals surface area contributed by atoms with E-state index in [0.29, 0.717) is 10.2 Å². The number of halogens is 2. The number of rotatable bonds is 6. The van der Waals surface area contributed by atoms with Gasteiger partial charge < -0.3 is 9.84 Å². The van der Waals surface area contributed by atoms with Crippen molar-refractivity contribution in [3.05, 3.63) is 65.0 Å². The summed E-state index contributed by atoms with van der Waals surface area (Å²) >= 11 is 12.5. The van der Waals surface area contributed by atoms with Crippen LogP contribution in [0, 0.1) is 0 Å². The van der Waals surface area contributed by atoms with Crippen molar-refractivity contribution in [2.75, 3.05) is 0 Å². The molecule has 2 heterocycles. The molecule has 0 saturated heterocycles. The Hall–Kier alpha value is -3.44. The molecule has 2 aromatic heterocycles. The van der Waals surface area contributed by atoms with Gasteiger partial charge in [0, 0.05) is 17.2 Å². The monoisotopic (exact) mass is 467 g/mol. The number of H-pyrrole nitrogens is 2. The lowest BCUT2D eigenvalue weighted by atomic mass is 10.1. The van der Waals surface area contributed by atoms with Crippen LogP contribution in [0.15, 0.2) is 32.6 Å². The van der Waals surface area contributed by atoms with Gasteiger partial charge in [0.2, 0.25) is 5.88 Å². The molecule has 3 N–H and O–H groups in total.